The molecule has 0 radical (unpaired) electrons. The Kier molecular flexibility index (Phi) is 4.37. The minimum Gasteiger partial charge on any atom is -0.344 e. The number of nitrogens with one attached hydrogen (secondary N) is 1. The summed E-state index contributed by atoms with van der Waals surface area (Å²) in [6, 6.07) is 15.3. The molecule has 3 heteroatoms. The molecule has 0 unspecified atom stereocenters. The first-order valence-electron chi connectivity index (χ1n) is 10.2. The number of aryl methyl sites for hydroxylation is 1. The fourth-order valence-corrected chi connectivity index (χ4v) is 4.68. The van der Waals surface area contributed by atoms with Crippen LogP contribution >= 0.6 is 0 Å². The first-order valence-corrected chi connectivity index (χ1v) is 10.2. The molecule has 0 bridgehead atoms. The second-order valence-electron chi connectivity index (χ2n) is 9.02. The molecule has 1 N–H and O–H groups in total. The number of benzene rings is 2. The van der Waals surface area contributed by atoms with Gasteiger partial charge in [-0.05, 0) is 41.7 Å². The molecule has 2 aromatic carbocycles. The third-order valence-corrected chi connectivity index (χ3v) is 6.51. The van der Waals surface area contributed by atoms with E-state index in [1.165, 1.54) is 22.4 Å². The van der Waals surface area contributed by atoms with Gasteiger partial charge in [0.15, 0.2) is 0 Å². The molecule has 2 heterocycles. The molecule has 0 saturated carbocycles. The highest BCUT2D eigenvalue weighted by Gasteiger charge is 2.57. The molecule has 4 rings (SSSR count). The van der Waals surface area contributed by atoms with Gasteiger partial charge in [-0.1, -0.05) is 75.7 Å². The molecule has 1 atom stereocenters. The van der Waals surface area contributed by atoms with E-state index in [9.17, 15) is 4.79 Å². The van der Waals surface area contributed by atoms with Gasteiger partial charge in [-0.25, -0.2) is 0 Å². The van der Waals surface area contributed by atoms with Gasteiger partial charge >= 0.3 is 0 Å². The maximum absolute atomic E-state index is 12.5. The van der Waals surface area contributed by atoms with Crippen molar-refractivity contribution in [2.24, 2.45) is 0 Å². The fourth-order valence-electron chi connectivity index (χ4n) is 4.68. The maximum atomic E-state index is 12.5. The van der Waals surface area contributed by atoms with Crippen LogP contribution in [0.2, 0.25) is 0 Å². The molecule has 1 saturated heterocycles. The van der Waals surface area contributed by atoms with E-state index in [-0.39, 0.29) is 11.3 Å². The summed E-state index contributed by atoms with van der Waals surface area (Å²) in [5, 5.41) is 3.35. The van der Waals surface area contributed by atoms with Gasteiger partial charge in [-0.15, -0.1) is 0 Å². The van der Waals surface area contributed by atoms with Crippen LogP contribution in [0.3, 0.4) is 0 Å². The molecule has 0 aromatic heterocycles. The van der Waals surface area contributed by atoms with Gasteiger partial charge in [0.2, 0.25) is 5.91 Å². The van der Waals surface area contributed by atoms with Crippen molar-refractivity contribution in [2.75, 3.05) is 11.4 Å². The lowest BCUT2D eigenvalue weighted by Crippen LogP contribution is -2.68. The molecular formula is C25H30N2O. The van der Waals surface area contributed by atoms with E-state index in [1.807, 2.05) is 0 Å². The molecule has 2 aromatic rings. The van der Waals surface area contributed by atoms with Crippen molar-refractivity contribution in [3.8, 4) is 0 Å². The fraction of sp³-hybridized carbons (Fsp3) is 0.400. The first kappa shape index (κ1) is 18.8. The van der Waals surface area contributed by atoms with E-state index in [1.54, 1.807) is 0 Å². The number of fused-ring (bicyclic) bond motifs is 3. The molecule has 2 aliphatic rings. The molecular weight excluding hydrogens is 344 g/mol. The van der Waals surface area contributed by atoms with E-state index in [4.69, 9.17) is 0 Å². The summed E-state index contributed by atoms with van der Waals surface area (Å²) in [5.41, 5.74) is 5.49. The molecule has 3 nitrogen and oxygen atoms in total. The smallest absolute Gasteiger partial charge is 0.223 e. The molecule has 1 fully saturated rings. The largest absolute Gasteiger partial charge is 0.344 e. The Morgan fingerprint density at radius 1 is 1.11 bits per heavy atom. The van der Waals surface area contributed by atoms with Gasteiger partial charge in [-0.2, -0.15) is 0 Å². The van der Waals surface area contributed by atoms with Crippen LogP contribution in [-0.4, -0.2) is 18.1 Å². The van der Waals surface area contributed by atoms with Gasteiger partial charge < -0.3 is 10.2 Å². The van der Waals surface area contributed by atoms with Crippen molar-refractivity contribution in [3.05, 3.63) is 70.8 Å². The Bertz CT molecular complexity index is 940. The number of hydrogen-bond donors (Lipinski definition) is 1. The van der Waals surface area contributed by atoms with Crippen LogP contribution in [0, 0.1) is 6.92 Å². The highest BCUT2D eigenvalue weighted by molar-refractivity contribution is 5.84. The molecule has 146 valence electrons. The summed E-state index contributed by atoms with van der Waals surface area (Å²) in [6.07, 6.45) is 4.88. The summed E-state index contributed by atoms with van der Waals surface area (Å²) in [5.74, 6) is 0.643. The summed E-state index contributed by atoms with van der Waals surface area (Å²) < 4.78 is 0. The van der Waals surface area contributed by atoms with Crippen molar-refractivity contribution in [1.82, 2.24) is 5.32 Å². The predicted octanol–water partition coefficient (Wildman–Crippen LogP) is 5.15. The Labute approximate surface area is 168 Å². The minimum absolute atomic E-state index is 0.119. The van der Waals surface area contributed by atoms with Gasteiger partial charge in [0.25, 0.3) is 0 Å². The third-order valence-electron chi connectivity index (χ3n) is 6.51. The molecule has 1 amide bonds. The Balaban J connectivity index is 1.78. The first-order chi connectivity index (χ1) is 13.2. The second-order valence-corrected chi connectivity index (χ2v) is 9.02. The van der Waals surface area contributed by atoms with Crippen LogP contribution < -0.4 is 10.2 Å². The zero-order chi connectivity index (χ0) is 20.1. The zero-order valence-corrected chi connectivity index (χ0v) is 17.5. The normalized spacial score (nSPS) is 23.1. The third kappa shape index (κ3) is 2.76. The average molecular weight is 375 g/mol. The highest BCUT2D eigenvalue weighted by atomic mass is 16.2. The van der Waals surface area contributed by atoms with E-state index >= 15 is 0 Å². The summed E-state index contributed by atoms with van der Waals surface area (Å²) >= 11 is 0. The van der Waals surface area contributed by atoms with Crippen LogP contribution in [0.15, 0.2) is 48.5 Å². The topological polar surface area (TPSA) is 32.3 Å². The summed E-state index contributed by atoms with van der Waals surface area (Å²) in [7, 11) is 0. The Morgan fingerprint density at radius 3 is 2.50 bits per heavy atom. The van der Waals surface area contributed by atoms with Gasteiger partial charge in [0, 0.05) is 24.1 Å². The number of nitrogens with zero attached hydrogens (tertiary/aromatic N) is 1. The number of carbonyl (C=O) groups is 1. The van der Waals surface area contributed by atoms with Crippen LogP contribution in [0.25, 0.3) is 6.08 Å². The van der Waals surface area contributed by atoms with E-state index < -0.39 is 5.66 Å². The van der Waals surface area contributed by atoms with E-state index in [2.05, 4.69) is 99.5 Å². The van der Waals surface area contributed by atoms with Gasteiger partial charge in [0.05, 0.1) is 0 Å². The van der Waals surface area contributed by atoms with Gasteiger partial charge in [-0.3, -0.25) is 4.79 Å². The monoisotopic (exact) mass is 374 g/mol. The number of amides is 1. The van der Waals surface area contributed by atoms with Gasteiger partial charge in [0.1, 0.15) is 5.66 Å². The van der Waals surface area contributed by atoms with Crippen LogP contribution in [0.1, 0.15) is 62.3 Å². The predicted molar refractivity (Wildman–Crippen MR) is 117 cm³/mol. The Morgan fingerprint density at radius 2 is 1.82 bits per heavy atom. The van der Waals surface area contributed by atoms with E-state index in [0.717, 1.165) is 12.1 Å². The van der Waals surface area contributed by atoms with Crippen molar-refractivity contribution in [1.29, 1.82) is 0 Å². The lowest BCUT2D eigenvalue weighted by molar-refractivity contribution is -0.124. The highest BCUT2D eigenvalue weighted by Crippen LogP contribution is 2.52. The summed E-state index contributed by atoms with van der Waals surface area (Å²) in [6.45, 7) is 11.8. The standard InChI is InChI=1S/C25H30N2O/c1-17(2)20-9-7-19(8-10-20)12-14-25-24(4,5)21-16-18(3)6-11-22(21)27(25)15-13-23(28)26-25/h6-12,14,16-17H,13,15H2,1-5H3,(H,26,28)/t25-/m1/s1. The second kappa shape index (κ2) is 6.51. The minimum atomic E-state index is -0.546. The van der Waals surface area contributed by atoms with Crippen molar-refractivity contribution in [3.63, 3.8) is 0 Å². The molecule has 28 heavy (non-hydrogen) atoms. The number of hydrogen-bond acceptors (Lipinski definition) is 2. The molecule has 0 aliphatic carbocycles. The average Bonchev–Trinajstić information content (AvgIpc) is 2.84. The number of anilines is 1. The maximum Gasteiger partial charge on any atom is 0.223 e. The van der Waals surface area contributed by atoms with Crippen LogP contribution in [0.4, 0.5) is 5.69 Å². The van der Waals surface area contributed by atoms with Crippen molar-refractivity contribution in [2.45, 2.75) is 58.0 Å². The zero-order valence-electron chi connectivity index (χ0n) is 17.5. The number of carbonyl (C=O) groups excluding carboxylic acids is 1. The molecule has 0 spiro atoms. The lowest BCUT2D eigenvalue weighted by atomic mass is 9.74. The molecule has 2 aliphatic heterocycles. The van der Waals surface area contributed by atoms with Crippen LogP contribution in [-0.2, 0) is 10.2 Å². The van der Waals surface area contributed by atoms with Crippen molar-refractivity contribution < 1.29 is 4.79 Å². The van der Waals surface area contributed by atoms with E-state index in [0.29, 0.717) is 12.3 Å². The van der Waals surface area contributed by atoms with Crippen molar-refractivity contribution >= 4 is 17.7 Å². The number of rotatable bonds is 3. The lowest BCUT2D eigenvalue weighted by Gasteiger charge is -2.49. The summed E-state index contributed by atoms with van der Waals surface area (Å²) in [4.78, 5) is 14.9. The van der Waals surface area contributed by atoms with Crippen LogP contribution in [0.5, 0.6) is 0 Å². The Hall–Kier alpha value is -2.55. The SMILES string of the molecule is Cc1ccc2c(c1)C(C)(C)[C@]1(C=Cc3ccc(C(C)C)cc3)NC(=O)CCN21. The quantitative estimate of drug-likeness (QED) is 0.806.